The summed E-state index contributed by atoms with van der Waals surface area (Å²) >= 11 is 0. The lowest BCUT2D eigenvalue weighted by Gasteiger charge is -2.48. The number of nitriles is 1. The summed E-state index contributed by atoms with van der Waals surface area (Å²) in [6, 6.07) is 22.0. The van der Waals surface area contributed by atoms with Gasteiger partial charge in [0.1, 0.15) is 0 Å². The van der Waals surface area contributed by atoms with Gasteiger partial charge >= 0.3 is 0 Å². The summed E-state index contributed by atoms with van der Waals surface area (Å²) in [7, 11) is -2.94. The second kappa shape index (κ2) is 7.11. The van der Waals surface area contributed by atoms with Gasteiger partial charge in [-0.25, -0.2) is 0 Å². The molecule has 1 heterocycles. The maximum atomic E-state index is 14.3. The maximum absolute atomic E-state index is 14.3. The molecule has 0 bridgehead atoms. The molecule has 1 atom stereocenters. The van der Waals surface area contributed by atoms with Gasteiger partial charge < -0.3 is 9.34 Å². The molecule has 2 aromatic carbocycles. The third-order valence-electron chi connectivity index (χ3n) is 4.50. The van der Waals surface area contributed by atoms with Gasteiger partial charge in [0.15, 0.2) is 0 Å². The van der Waals surface area contributed by atoms with Crippen molar-refractivity contribution in [2.24, 2.45) is 0 Å². The molecule has 1 aliphatic heterocycles. The van der Waals surface area contributed by atoms with Crippen molar-refractivity contribution in [2.75, 3.05) is 22.4 Å². The Morgan fingerprint density at radius 3 is 1.88 bits per heavy atom. The summed E-state index contributed by atoms with van der Waals surface area (Å²) in [6.45, 7) is 3.43. The van der Waals surface area contributed by atoms with E-state index in [-0.39, 0.29) is 12.1 Å². The van der Waals surface area contributed by atoms with E-state index in [4.69, 9.17) is 0 Å². The molecule has 4 nitrogen and oxygen atoms in total. The van der Waals surface area contributed by atoms with Crippen LogP contribution in [-0.2, 0) is 4.57 Å². The first kappa shape index (κ1) is 16.6. The first-order valence-corrected chi connectivity index (χ1v) is 9.99. The summed E-state index contributed by atoms with van der Waals surface area (Å²) in [6.07, 6.45) is 1.22. The van der Waals surface area contributed by atoms with Crippen LogP contribution in [0.5, 0.6) is 0 Å². The lowest BCUT2D eigenvalue weighted by molar-refractivity contribution is 0.548. The van der Waals surface area contributed by atoms with Gasteiger partial charge in [0.25, 0.3) is 7.44 Å². The van der Waals surface area contributed by atoms with E-state index in [1.807, 2.05) is 76.9 Å². The van der Waals surface area contributed by atoms with Crippen molar-refractivity contribution in [3.05, 3.63) is 60.7 Å². The zero-order valence-corrected chi connectivity index (χ0v) is 14.8. The molecule has 124 valence electrons. The number of hydrogen-bond donors (Lipinski definition) is 0. The molecular formula is C19H22N3OP. The summed E-state index contributed by atoms with van der Waals surface area (Å²) in [4.78, 5) is 0. The normalized spacial score (nSPS) is 18.0. The number of hydrogen-bond acceptors (Lipinski definition) is 2. The van der Waals surface area contributed by atoms with Crippen LogP contribution in [0.3, 0.4) is 0 Å². The predicted molar refractivity (Wildman–Crippen MR) is 99.5 cm³/mol. The van der Waals surface area contributed by atoms with Crippen LogP contribution in [0, 0.1) is 11.3 Å². The third kappa shape index (κ3) is 2.92. The van der Waals surface area contributed by atoms with Crippen molar-refractivity contribution in [3.8, 4) is 6.07 Å². The molecule has 0 spiro atoms. The van der Waals surface area contributed by atoms with E-state index in [2.05, 4.69) is 6.07 Å². The standard InChI is InChI=1S/C19H22N3OP/c1-17(13-14-20)24(23)21(18-9-4-2-5-10-18)15-8-16-22(24)19-11-6-3-7-12-19/h2-7,9-12,17H,8,13,15-16H2,1H3. The minimum atomic E-state index is -2.94. The van der Waals surface area contributed by atoms with Gasteiger partial charge in [-0.05, 0) is 30.7 Å². The number of anilines is 2. The fourth-order valence-electron chi connectivity index (χ4n) is 3.30. The van der Waals surface area contributed by atoms with Crippen LogP contribution in [0.25, 0.3) is 0 Å². The molecule has 2 aromatic rings. The molecular weight excluding hydrogens is 317 g/mol. The minimum absolute atomic E-state index is 0.219. The number of benzene rings is 2. The van der Waals surface area contributed by atoms with Crippen LogP contribution in [0.1, 0.15) is 19.8 Å². The van der Waals surface area contributed by atoms with E-state index < -0.39 is 7.44 Å². The van der Waals surface area contributed by atoms with E-state index in [1.165, 1.54) is 0 Å². The Hall–Kier alpha value is -2.24. The molecule has 0 amide bonds. The van der Waals surface area contributed by atoms with Crippen LogP contribution in [-0.4, -0.2) is 18.7 Å². The highest BCUT2D eigenvalue weighted by atomic mass is 31.2. The van der Waals surface area contributed by atoms with Gasteiger partial charge in [0.05, 0.1) is 11.7 Å². The zero-order valence-electron chi connectivity index (χ0n) is 13.9. The highest BCUT2D eigenvalue weighted by Crippen LogP contribution is 2.62. The molecule has 1 saturated heterocycles. The molecule has 0 N–H and O–H groups in total. The maximum Gasteiger partial charge on any atom is 0.266 e. The second-order valence-corrected chi connectivity index (χ2v) is 9.10. The fourth-order valence-corrected chi connectivity index (χ4v) is 6.62. The number of rotatable bonds is 4. The summed E-state index contributed by atoms with van der Waals surface area (Å²) < 4.78 is 18.4. The van der Waals surface area contributed by atoms with Gasteiger partial charge in [0.2, 0.25) is 0 Å². The third-order valence-corrected chi connectivity index (χ3v) is 8.08. The quantitative estimate of drug-likeness (QED) is 0.744. The molecule has 0 radical (unpaired) electrons. The average Bonchev–Trinajstić information content (AvgIpc) is 2.63. The van der Waals surface area contributed by atoms with Crippen molar-refractivity contribution in [3.63, 3.8) is 0 Å². The number of nitrogens with zero attached hydrogens (tertiary/aromatic N) is 3. The topological polar surface area (TPSA) is 47.3 Å². The Morgan fingerprint density at radius 2 is 1.46 bits per heavy atom. The van der Waals surface area contributed by atoms with Gasteiger partial charge in [-0.3, -0.25) is 4.57 Å². The van der Waals surface area contributed by atoms with Gasteiger partial charge in [-0.15, -0.1) is 0 Å². The van der Waals surface area contributed by atoms with Gasteiger partial charge in [-0.1, -0.05) is 43.3 Å². The smallest absolute Gasteiger partial charge is 0.266 e. The number of para-hydroxylation sites is 2. The molecule has 0 saturated carbocycles. The highest BCUT2D eigenvalue weighted by Gasteiger charge is 2.44. The fraction of sp³-hybridized carbons (Fsp3) is 0.316. The van der Waals surface area contributed by atoms with E-state index >= 15 is 0 Å². The lowest BCUT2D eigenvalue weighted by Crippen LogP contribution is -2.43. The Balaban J connectivity index is 2.09. The van der Waals surface area contributed by atoms with Crippen molar-refractivity contribution in [1.29, 1.82) is 5.26 Å². The molecule has 1 unspecified atom stereocenters. The highest BCUT2D eigenvalue weighted by molar-refractivity contribution is 7.68. The molecule has 0 aliphatic carbocycles. The molecule has 1 fully saturated rings. The van der Waals surface area contributed by atoms with Crippen molar-refractivity contribution in [2.45, 2.75) is 25.4 Å². The monoisotopic (exact) mass is 339 g/mol. The van der Waals surface area contributed by atoms with Crippen LogP contribution in [0.2, 0.25) is 0 Å². The summed E-state index contributed by atoms with van der Waals surface area (Å²) in [5, 5.41) is 9.19. The van der Waals surface area contributed by atoms with Crippen LogP contribution >= 0.6 is 7.44 Å². The Morgan fingerprint density at radius 1 is 1.00 bits per heavy atom. The predicted octanol–water partition coefficient (Wildman–Crippen LogP) is 4.90. The van der Waals surface area contributed by atoms with E-state index in [0.29, 0.717) is 0 Å². The lowest BCUT2D eigenvalue weighted by atomic mass is 10.3. The summed E-state index contributed by atoms with van der Waals surface area (Å²) in [5.41, 5.74) is 1.71. The molecule has 3 rings (SSSR count). The van der Waals surface area contributed by atoms with E-state index in [1.54, 1.807) is 0 Å². The van der Waals surface area contributed by atoms with Crippen LogP contribution in [0.4, 0.5) is 11.4 Å². The van der Waals surface area contributed by atoms with Gasteiger partial charge in [-0.2, -0.15) is 5.26 Å². The first-order chi connectivity index (χ1) is 11.7. The zero-order chi connectivity index (χ0) is 17.0. The first-order valence-electron chi connectivity index (χ1n) is 8.30. The molecule has 24 heavy (non-hydrogen) atoms. The second-order valence-electron chi connectivity index (χ2n) is 6.07. The Kier molecular flexibility index (Phi) is 4.92. The average molecular weight is 339 g/mol. The Labute approximate surface area is 143 Å². The Bertz CT molecular complexity index is 706. The van der Waals surface area contributed by atoms with E-state index in [9.17, 15) is 9.83 Å². The molecule has 5 heteroatoms. The molecule has 0 aromatic heterocycles. The van der Waals surface area contributed by atoms with Crippen molar-refractivity contribution in [1.82, 2.24) is 0 Å². The van der Waals surface area contributed by atoms with Gasteiger partial charge in [0, 0.05) is 30.9 Å². The van der Waals surface area contributed by atoms with E-state index in [0.717, 1.165) is 30.9 Å². The minimum Gasteiger partial charge on any atom is -0.306 e. The van der Waals surface area contributed by atoms with Crippen molar-refractivity contribution >= 4 is 18.8 Å². The van der Waals surface area contributed by atoms with Crippen LogP contribution < -0.4 is 9.34 Å². The van der Waals surface area contributed by atoms with Crippen LogP contribution in [0.15, 0.2) is 60.7 Å². The van der Waals surface area contributed by atoms with Crippen molar-refractivity contribution < 1.29 is 4.57 Å². The summed E-state index contributed by atoms with van der Waals surface area (Å²) in [5.74, 6) is 0. The molecule has 1 aliphatic rings. The SMILES string of the molecule is CC(CC#N)P1(=O)N(c2ccccc2)CCCN1c1ccccc1. The largest absolute Gasteiger partial charge is 0.306 e.